The van der Waals surface area contributed by atoms with Gasteiger partial charge in [0.2, 0.25) is 0 Å². The quantitative estimate of drug-likeness (QED) is 0.595. The van der Waals surface area contributed by atoms with Gasteiger partial charge in [-0.2, -0.15) is 13.5 Å². The summed E-state index contributed by atoms with van der Waals surface area (Å²) in [6.45, 7) is 9.44. The number of anilines is 1. The maximum absolute atomic E-state index is 13.0. The lowest BCUT2D eigenvalue weighted by atomic mass is 10.0. The highest BCUT2D eigenvalue weighted by molar-refractivity contribution is 7.59. The number of aryl methyl sites for hydroxylation is 1. The number of carbonyl (C=O) groups is 1. The van der Waals surface area contributed by atoms with Gasteiger partial charge in [-0.15, -0.1) is 0 Å². The molecule has 0 unspecified atom stereocenters. The number of amides is 1. The van der Waals surface area contributed by atoms with E-state index in [9.17, 15) is 4.79 Å². The van der Waals surface area contributed by atoms with Crippen LogP contribution in [0.1, 0.15) is 43.1 Å². The van der Waals surface area contributed by atoms with Crippen LogP contribution in [0, 0.1) is 6.92 Å². The van der Waals surface area contributed by atoms with E-state index in [2.05, 4.69) is 20.2 Å². The molecule has 8 heteroatoms. The second kappa shape index (κ2) is 8.28. The number of carbonyl (C=O) groups excluding carboxylic acids is 1. The number of rotatable bonds is 4. The van der Waals surface area contributed by atoms with Gasteiger partial charge in [0.1, 0.15) is 5.82 Å². The van der Waals surface area contributed by atoms with Crippen molar-refractivity contribution in [2.75, 3.05) is 18.0 Å². The van der Waals surface area contributed by atoms with Crippen molar-refractivity contribution >= 4 is 36.1 Å². The number of fused-ring (bicyclic) bond motifs is 1. The highest BCUT2D eigenvalue weighted by Crippen LogP contribution is 2.36. The van der Waals surface area contributed by atoms with E-state index in [1.54, 1.807) is 12.4 Å². The van der Waals surface area contributed by atoms with Crippen molar-refractivity contribution < 1.29 is 4.79 Å². The van der Waals surface area contributed by atoms with Gasteiger partial charge < -0.3 is 20.9 Å². The van der Waals surface area contributed by atoms with E-state index < -0.39 is 0 Å². The molecule has 160 valence electrons. The Hall–Kier alpha value is -2.58. The maximum Gasteiger partial charge on any atom is 0.255 e. The Labute approximate surface area is 183 Å². The molecule has 0 radical (unpaired) electrons. The number of imidazole rings is 1. The normalized spacial score (nSPS) is 18.7. The number of nitrogens with two attached hydrogens (primary N) is 1. The van der Waals surface area contributed by atoms with Crippen molar-refractivity contribution in [3.8, 4) is 11.4 Å². The number of benzene rings is 1. The van der Waals surface area contributed by atoms with Gasteiger partial charge in [0.05, 0.1) is 27.8 Å². The maximum atomic E-state index is 13.0. The first kappa shape index (κ1) is 22.1. The molecule has 30 heavy (non-hydrogen) atoms. The molecule has 1 aliphatic rings. The van der Waals surface area contributed by atoms with Gasteiger partial charge >= 0.3 is 0 Å². The van der Waals surface area contributed by atoms with E-state index in [4.69, 9.17) is 10.7 Å². The third-order valence-electron chi connectivity index (χ3n) is 5.37. The zero-order chi connectivity index (χ0) is 20.8. The number of nitrogens with one attached hydrogen (secondary N) is 2. The Kier molecular flexibility index (Phi) is 6.10. The van der Waals surface area contributed by atoms with Crippen LogP contribution < -0.4 is 16.0 Å². The lowest BCUT2D eigenvalue weighted by molar-refractivity contribution is 0.0943. The summed E-state index contributed by atoms with van der Waals surface area (Å²) < 4.78 is 0. The minimum atomic E-state index is -0.295. The lowest BCUT2D eigenvalue weighted by Crippen LogP contribution is -2.40. The molecule has 3 aromatic rings. The van der Waals surface area contributed by atoms with Gasteiger partial charge in [0.15, 0.2) is 0 Å². The first-order valence-corrected chi connectivity index (χ1v) is 10.0. The number of pyridine rings is 1. The molecule has 3 heterocycles. The Morgan fingerprint density at radius 1 is 1.33 bits per heavy atom. The average Bonchev–Trinajstić information content (AvgIpc) is 3.24. The summed E-state index contributed by atoms with van der Waals surface area (Å²) in [5.74, 6) is 0.573. The van der Waals surface area contributed by atoms with E-state index in [-0.39, 0.29) is 31.0 Å². The fourth-order valence-electron chi connectivity index (χ4n) is 3.95. The minimum absolute atomic E-state index is 0. The molecule has 0 bridgehead atoms. The summed E-state index contributed by atoms with van der Waals surface area (Å²) in [6, 6.07) is 6.09. The molecule has 1 amide bonds. The fourth-order valence-corrected chi connectivity index (χ4v) is 3.95. The number of aromatic amines is 1. The molecule has 2 aromatic heterocycles. The van der Waals surface area contributed by atoms with Gasteiger partial charge in [-0.1, -0.05) is 12.1 Å². The third kappa shape index (κ3) is 4.15. The van der Waals surface area contributed by atoms with Crippen LogP contribution in [-0.4, -0.2) is 45.5 Å². The SMILES string of the molecule is Cc1cccc2[nH]c(-c3cncc(C(=O)NC(C)C)c3N3CC[C@](C)(N)C3)nc12.S. The van der Waals surface area contributed by atoms with Crippen molar-refractivity contribution in [2.45, 2.75) is 45.7 Å². The second-order valence-corrected chi connectivity index (χ2v) is 8.59. The highest BCUT2D eigenvalue weighted by atomic mass is 32.1. The molecule has 0 aliphatic carbocycles. The number of aromatic nitrogens is 3. The summed E-state index contributed by atoms with van der Waals surface area (Å²) in [5, 5.41) is 2.99. The van der Waals surface area contributed by atoms with Gasteiger partial charge in [-0.3, -0.25) is 9.78 Å². The smallest absolute Gasteiger partial charge is 0.255 e. The van der Waals surface area contributed by atoms with Crippen molar-refractivity contribution in [2.24, 2.45) is 5.73 Å². The molecular weight excluding hydrogens is 396 g/mol. The lowest BCUT2D eigenvalue weighted by Gasteiger charge is -2.26. The van der Waals surface area contributed by atoms with Crippen LogP contribution in [0.3, 0.4) is 0 Å². The van der Waals surface area contributed by atoms with Crippen molar-refractivity contribution in [3.05, 3.63) is 41.7 Å². The molecule has 1 saturated heterocycles. The van der Waals surface area contributed by atoms with Crippen LogP contribution in [0.25, 0.3) is 22.4 Å². The predicted octanol–water partition coefficient (Wildman–Crippen LogP) is 3.11. The van der Waals surface area contributed by atoms with Crippen LogP contribution in [-0.2, 0) is 0 Å². The summed E-state index contributed by atoms with van der Waals surface area (Å²) in [6.07, 6.45) is 4.27. The second-order valence-electron chi connectivity index (χ2n) is 8.59. The molecule has 4 N–H and O–H groups in total. The molecular formula is C22H30N6OS. The van der Waals surface area contributed by atoms with Gasteiger partial charge in [-0.25, -0.2) is 4.98 Å². The van der Waals surface area contributed by atoms with Crippen LogP contribution in [0.5, 0.6) is 0 Å². The van der Waals surface area contributed by atoms with Crippen LogP contribution in [0.15, 0.2) is 30.6 Å². The molecule has 0 spiro atoms. The molecule has 1 aromatic carbocycles. The Morgan fingerprint density at radius 3 is 2.73 bits per heavy atom. The first-order chi connectivity index (χ1) is 13.7. The van der Waals surface area contributed by atoms with E-state index >= 15 is 0 Å². The Bertz CT molecular complexity index is 1070. The van der Waals surface area contributed by atoms with Gasteiger partial charge in [0, 0.05) is 37.1 Å². The minimum Gasteiger partial charge on any atom is -0.368 e. The van der Waals surface area contributed by atoms with Crippen LogP contribution in [0.2, 0.25) is 0 Å². The molecule has 7 nitrogen and oxygen atoms in total. The summed E-state index contributed by atoms with van der Waals surface area (Å²) in [7, 11) is 0. The summed E-state index contributed by atoms with van der Waals surface area (Å²) in [5.41, 5.74) is 11.3. The van der Waals surface area contributed by atoms with E-state index in [0.717, 1.165) is 40.8 Å². The predicted molar refractivity (Wildman–Crippen MR) is 126 cm³/mol. The molecule has 1 aliphatic heterocycles. The number of hydrogen-bond acceptors (Lipinski definition) is 5. The zero-order valence-electron chi connectivity index (χ0n) is 17.9. The van der Waals surface area contributed by atoms with Crippen LogP contribution in [0.4, 0.5) is 5.69 Å². The molecule has 1 fully saturated rings. The largest absolute Gasteiger partial charge is 0.368 e. The monoisotopic (exact) mass is 426 g/mol. The topological polar surface area (TPSA) is 99.9 Å². The van der Waals surface area contributed by atoms with Gasteiger partial charge in [-0.05, 0) is 45.7 Å². The van der Waals surface area contributed by atoms with E-state index in [1.807, 2.05) is 45.9 Å². The number of H-pyrrole nitrogens is 1. The summed E-state index contributed by atoms with van der Waals surface area (Å²) in [4.78, 5) is 27.8. The molecule has 0 saturated carbocycles. The van der Waals surface area contributed by atoms with Gasteiger partial charge in [0.25, 0.3) is 5.91 Å². The molecule has 4 rings (SSSR count). The highest BCUT2D eigenvalue weighted by Gasteiger charge is 2.34. The Balaban J connectivity index is 0.00000256. The third-order valence-corrected chi connectivity index (χ3v) is 5.37. The van der Waals surface area contributed by atoms with Crippen molar-refractivity contribution in [1.29, 1.82) is 0 Å². The van der Waals surface area contributed by atoms with Crippen molar-refractivity contribution in [3.63, 3.8) is 0 Å². The van der Waals surface area contributed by atoms with E-state index in [0.29, 0.717) is 17.9 Å². The standard InChI is InChI=1S/C22H28N6O.H2S/c1-13(2)25-21(29)16-11-24-10-15(19(16)28-9-8-22(4,23)12-28)20-26-17-7-5-6-14(3)18(17)27-20;/h5-7,10-11,13H,8-9,12,23H2,1-4H3,(H,25,29)(H,26,27);1H2/t22-;/m0./s1. The first-order valence-electron chi connectivity index (χ1n) is 10.0. The zero-order valence-corrected chi connectivity index (χ0v) is 18.9. The number of hydrogen-bond donors (Lipinski definition) is 3. The van der Waals surface area contributed by atoms with Crippen LogP contribution >= 0.6 is 13.5 Å². The average molecular weight is 427 g/mol. The molecule has 1 atom stereocenters. The van der Waals surface area contributed by atoms with E-state index in [1.165, 1.54) is 0 Å². The number of nitrogens with zero attached hydrogens (tertiary/aromatic N) is 3. The fraction of sp³-hybridized carbons (Fsp3) is 0.409. The number of para-hydroxylation sites is 1. The Morgan fingerprint density at radius 2 is 2.10 bits per heavy atom. The summed E-state index contributed by atoms with van der Waals surface area (Å²) >= 11 is 0. The van der Waals surface area contributed by atoms with Crippen molar-refractivity contribution in [1.82, 2.24) is 20.3 Å².